The maximum atomic E-state index is 12.7. The number of carbonyl (C=O) groups is 2. The van der Waals surface area contributed by atoms with Crippen molar-refractivity contribution >= 4 is 11.8 Å². The van der Waals surface area contributed by atoms with Gasteiger partial charge in [0.25, 0.3) is 5.91 Å². The molecule has 2 amide bonds. The zero-order chi connectivity index (χ0) is 18.9. The van der Waals surface area contributed by atoms with E-state index in [1.807, 2.05) is 64.0 Å². The minimum atomic E-state index is -0.406. The van der Waals surface area contributed by atoms with Crippen LogP contribution in [0.15, 0.2) is 24.3 Å². The number of rotatable bonds is 9. The molecule has 6 nitrogen and oxygen atoms in total. The molecule has 0 fully saturated rings. The molecule has 0 saturated heterocycles. The van der Waals surface area contributed by atoms with E-state index in [0.29, 0.717) is 25.2 Å². The quantitative estimate of drug-likeness (QED) is 0.628. The summed E-state index contributed by atoms with van der Waals surface area (Å²) in [4.78, 5) is 26.4. The largest absolute Gasteiger partial charge is 0.352 e. The van der Waals surface area contributed by atoms with Crippen LogP contribution in [0.25, 0.3) is 0 Å². The summed E-state index contributed by atoms with van der Waals surface area (Å²) in [6, 6.07) is 7.44. The van der Waals surface area contributed by atoms with Crippen LogP contribution in [-0.4, -0.2) is 57.0 Å². The van der Waals surface area contributed by atoms with Gasteiger partial charge >= 0.3 is 0 Å². The molecule has 1 aromatic rings. The number of amides is 2. The van der Waals surface area contributed by atoms with Crippen LogP contribution in [0.2, 0.25) is 0 Å². The SMILES string of the molecule is CNCCN(CCNC)C(=O)c1ccc(CNC(=O)C(C)(C)C)cc1. The first kappa shape index (κ1) is 21.1. The molecule has 1 aromatic carbocycles. The fourth-order valence-corrected chi connectivity index (χ4v) is 2.20. The van der Waals surface area contributed by atoms with Gasteiger partial charge in [0.15, 0.2) is 0 Å². The molecule has 3 N–H and O–H groups in total. The third-order valence-electron chi connectivity index (χ3n) is 3.89. The Morgan fingerprint density at radius 2 is 1.48 bits per heavy atom. The highest BCUT2D eigenvalue weighted by Gasteiger charge is 2.20. The van der Waals surface area contributed by atoms with Crippen LogP contribution < -0.4 is 16.0 Å². The van der Waals surface area contributed by atoms with Gasteiger partial charge in [-0.25, -0.2) is 0 Å². The molecule has 0 spiro atoms. The van der Waals surface area contributed by atoms with Gasteiger partial charge in [0.05, 0.1) is 0 Å². The van der Waals surface area contributed by atoms with Crippen molar-refractivity contribution < 1.29 is 9.59 Å². The van der Waals surface area contributed by atoms with Gasteiger partial charge < -0.3 is 20.9 Å². The Bertz CT molecular complexity index is 542. The third kappa shape index (κ3) is 7.23. The number of nitrogens with one attached hydrogen (secondary N) is 3. The summed E-state index contributed by atoms with van der Waals surface area (Å²) in [6.45, 7) is 8.96. The second kappa shape index (κ2) is 10.2. The lowest BCUT2D eigenvalue weighted by atomic mass is 9.95. The number of likely N-dealkylation sites (N-methyl/N-ethyl adjacent to an activating group) is 2. The molecule has 0 atom stereocenters. The first-order valence-corrected chi connectivity index (χ1v) is 8.75. The van der Waals surface area contributed by atoms with E-state index >= 15 is 0 Å². The van der Waals surface area contributed by atoms with Crippen molar-refractivity contribution in [2.24, 2.45) is 5.41 Å². The summed E-state index contributed by atoms with van der Waals surface area (Å²) in [5.74, 6) is 0.0359. The van der Waals surface area contributed by atoms with Crippen LogP contribution in [0, 0.1) is 5.41 Å². The molecule has 0 radical (unpaired) electrons. The topological polar surface area (TPSA) is 73.5 Å². The highest BCUT2D eigenvalue weighted by Crippen LogP contribution is 2.13. The normalized spacial score (nSPS) is 11.2. The molecule has 0 unspecified atom stereocenters. The molecule has 1 rings (SSSR count). The molecule has 6 heteroatoms. The van der Waals surface area contributed by atoms with E-state index in [1.54, 1.807) is 0 Å². The summed E-state index contributed by atoms with van der Waals surface area (Å²) in [7, 11) is 3.75. The van der Waals surface area contributed by atoms with Crippen LogP contribution in [0.5, 0.6) is 0 Å². The highest BCUT2D eigenvalue weighted by molar-refractivity contribution is 5.94. The molecule has 0 heterocycles. The van der Waals surface area contributed by atoms with Crippen LogP contribution in [-0.2, 0) is 11.3 Å². The lowest BCUT2D eigenvalue weighted by molar-refractivity contribution is -0.128. The average molecular weight is 348 g/mol. The van der Waals surface area contributed by atoms with Gasteiger partial charge in [-0.3, -0.25) is 9.59 Å². The van der Waals surface area contributed by atoms with Crippen LogP contribution >= 0.6 is 0 Å². The summed E-state index contributed by atoms with van der Waals surface area (Å²) >= 11 is 0. The summed E-state index contributed by atoms with van der Waals surface area (Å²) in [5.41, 5.74) is 1.24. The van der Waals surface area contributed by atoms with E-state index < -0.39 is 5.41 Å². The van der Waals surface area contributed by atoms with Crippen molar-refractivity contribution in [3.63, 3.8) is 0 Å². The van der Waals surface area contributed by atoms with Crippen molar-refractivity contribution in [2.45, 2.75) is 27.3 Å². The Balaban J connectivity index is 2.69. The van der Waals surface area contributed by atoms with Gasteiger partial charge in [0, 0.05) is 43.7 Å². The minimum Gasteiger partial charge on any atom is -0.352 e. The molecular weight excluding hydrogens is 316 g/mol. The number of benzene rings is 1. The highest BCUT2D eigenvalue weighted by atomic mass is 16.2. The van der Waals surface area contributed by atoms with Gasteiger partial charge in [-0.1, -0.05) is 32.9 Å². The second-order valence-corrected chi connectivity index (χ2v) is 7.13. The van der Waals surface area contributed by atoms with E-state index in [9.17, 15) is 9.59 Å². The van der Waals surface area contributed by atoms with Gasteiger partial charge in [0.1, 0.15) is 0 Å². The van der Waals surface area contributed by atoms with Gasteiger partial charge in [-0.2, -0.15) is 0 Å². The van der Waals surface area contributed by atoms with E-state index in [-0.39, 0.29) is 11.8 Å². The molecule has 0 aromatic heterocycles. The monoisotopic (exact) mass is 348 g/mol. The van der Waals surface area contributed by atoms with E-state index in [1.165, 1.54) is 0 Å². The molecule has 0 aliphatic carbocycles. The van der Waals surface area contributed by atoms with Crippen molar-refractivity contribution in [3.05, 3.63) is 35.4 Å². The number of nitrogens with zero attached hydrogens (tertiary/aromatic N) is 1. The van der Waals surface area contributed by atoms with Crippen LogP contribution in [0.1, 0.15) is 36.7 Å². The number of carbonyl (C=O) groups excluding carboxylic acids is 2. The lowest BCUT2D eigenvalue weighted by Crippen LogP contribution is -2.40. The number of hydrogen-bond donors (Lipinski definition) is 3. The average Bonchev–Trinajstić information content (AvgIpc) is 2.59. The van der Waals surface area contributed by atoms with Crippen molar-refractivity contribution in [1.82, 2.24) is 20.9 Å². The van der Waals surface area contributed by atoms with Crippen LogP contribution in [0.3, 0.4) is 0 Å². The van der Waals surface area contributed by atoms with Gasteiger partial charge in [0.2, 0.25) is 5.91 Å². The van der Waals surface area contributed by atoms with Crippen molar-refractivity contribution in [2.75, 3.05) is 40.3 Å². The van der Waals surface area contributed by atoms with E-state index in [2.05, 4.69) is 16.0 Å². The maximum absolute atomic E-state index is 12.7. The Morgan fingerprint density at radius 1 is 0.960 bits per heavy atom. The van der Waals surface area contributed by atoms with Crippen molar-refractivity contribution in [3.8, 4) is 0 Å². The first-order valence-electron chi connectivity index (χ1n) is 8.75. The molecule has 0 aliphatic heterocycles. The fourth-order valence-electron chi connectivity index (χ4n) is 2.20. The summed E-state index contributed by atoms with van der Waals surface area (Å²) in [6.07, 6.45) is 0. The molecule has 25 heavy (non-hydrogen) atoms. The summed E-state index contributed by atoms with van der Waals surface area (Å²) < 4.78 is 0. The van der Waals surface area contributed by atoms with Crippen LogP contribution in [0.4, 0.5) is 0 Å². The zero-order valence-electron chi connectivity index (χ0n) is 16.1. The molecule has 140 valence electrons. The maximum Gasteiger partial charge on any atom is 0.253 e. The van der Waals surface area contributed by atoms with Gasteiger partial charge in [-0.05, 0) is 31.8 Å². The lowest BCUT2D eigenvalue weighted by Gasteiger charge is -2.23. The second-order valence-electron chi connectivity index (χ2n) is 7.13. The summed E-state index contributed by atoms with van der Waals surface area (Å²) in [5, 5.41) is 9.07. The number of hydrogen-bond acceptors (Lipinski definition) is 4. The molecule has 0 saturated carbocycles. The third-order valence-corrected chi connectivity index (χ3v) is 3.89. The minimum absolute atomic E-state index is 0.0120. The zero-order valence-corrected chi connectivity index (χ0v) is 16.1. The van der Waals surface area contributed by atoms with E-state index in [0.717, 1.165) is 18.7 Å². The van der Waals surface area contributed by atoms with Gasteiger partial charge in [-0.15, -0.1) is 0 Å². The van der Waals surface area contributed by atoms with Crippen molar-refractivity contribution in [1.29, 1.82) is 0 Å². The first-order chi connectivity index (χ1) is 11.8. The molecular formula is C19H32N4O2. The van der Waals surface area contributed by atoms with E-state index in [4.69, 9.17) is 0 Å². The Labute approximate surface area is 151 Å². The predicted molar refractivity (Wildman–Crippen MR) is 102 cm³/mol. The smallest absolute Gasteiger partial charge is 0.253 e. The molecule has 0 bridgehead atoms. The fraction of sp³-hybridized carbons (Fsp3) is 0.579. The predicted octanol–water partition coefficient (Wildman–Crippen LogP) is 1.23. The molecule has 0 aliphatic rings. The standard InChI is InChI=1S/C19H32N4O2/c1-19(2,3)18(25)22-14-15-6-8-16(9-7-15)17(24)23(12-10-20-4)13-11-21-5/h6-9,20-21H,10-14H2,1-5H3,(H,22,25). The Hall–Kier alpha value is -1.92. The Kier molecular flexibility index (Phi) is 8.58. The Morgan fingerprint density at radius 3 is 1.92 bits per heavy atom.